The lowest BCUT2D eigenvalue weighted by Crippen LogP contribution is -2.37. The molecule has 2 heteroatoms. The molecule has 0 amide bonds. The fourth-order valence-corrected chi connectivity index (χ4v) is 4.61. The predicted octanol–water partition coefficient (Wildman–Crippen LogP) is 1.85. The van der Waals surface area contributed by atoms with Crippen molar-refractivity contribution in [3.63, 3.8) is 0 Å². The Hall–Kier alpha value is 0.177. The molecule has 0 spiro atoms. The summed E-state index contributed by atoms with van der Waals surface area (Å²) in [6, 6.07) is 4.41. The summed E-state index contributed by atoms with van der Waals surface area (Å²) in [4.78, 5) is 0. The number of hydrogen-bond donors (Lipinski definition) is 1. The van der Waals surface area contributed by atoms with E-state index in [1.54, 1.807) is 0 Å². The number of hydrogen-bond acceptors (Lipinski definition) is 1. The maximum atomic E-state index is 8.57. The third-order valence-corrected chi connectivity index (χ3v) is 7.18. The van der Waals surface area contributed by atoms with Crippen molar-refractivity contribution < 1.29 is 5.11 Å². The smallest absolute Gasteiger partial charge is 0.0505 e. The van der Waals surface area contributed by atoms with Gasteiger partial charge in [0, 0.05) is 6.61 Å². The average molecular weight is 144 g/mol. The van der Waals surface area contributed by atoms with E-state index < -0.39 is 8.07 Å². The van der Waals surface area contributed by atoms with Crippen molar-refractivity contribution in [1.29, 1.82) is 0 Å². The third-order valence-electron chi connectivity index (χ3n) is 2.50. The molecule has 1 aliphatic heterocycles. The Balaban J connectivity index is 2.09. The van der Waals surface area contributed by atoms with Crippen LogP contribution in [0.15, 0.2) is 0 Å². The molecule has 0 saturated carbocycles. The first-order valence-electron chi connectivity index (χ1n) is 3.88. The lowest BCUT2D eigenvalue weighted by molar-refractivity contribution is 0.294. The SMILES string of the molecule is C[Si]1(CCCO)CCC1. The van der Waals surface area contributed by atoms with Crippen LogP contribution in [-0.2, 0) is 0 Å². The Kier molecular flexibility index (Phi) is 2.30. The summed E-state index contributed by atoms with van der Waals surface area (Å²) in [5.41, 5.74) is 0. The fourth-order valence-electron chi connectivity index (χ4n) is 1.54. The topological polar surface area (TPSA) is 20.2 Å². The van der Waals surface area contributed by atoms with Gasteiger partial charge in [0.1, 0.15) is 0 Å². The summed E-state index contributed by atoms with van der Waals surface area (Å²) in [6.07, 6.45) is 2.52. The van der Waals surface area contributed by atoms with E-state index in [9.17, 15) is 0 Å². The van der Waals surface area contributed by atoms with Gasteiger partial charge >= 0.3 is 0 Å². The monoisotopic (exact) mass is 144 g/mol. The van der Waals surface area contributed by atoms with Gasteiger partial charge in [-0.3, -0.25) is 0 Å². The largest absolute Gasteiger partial charge is 0.396 e. The van der Waals surface area contributed by atoms with Gasteiger partial charge in [0.2, 0.25) is 0 Å². The van der Waals surface area contributed by atoms with Crippen molar-refractivity contribution in [2.24, 2.45) is 0 Å². The minimum Gasteiger partial charge on any atom is -0.396 e. The molecule has 1 N–H and O–H groups in total. The van der Waals surface area contributed by atoms with Gasteiger partial charge in [0.25, 0.3) is 0 Å². The Labute approximate surface area is 58.1 Å². The highest BCUT2D eigenvalue weighted by atomic mass is 28.3. The molecule has 0 unspecified atom stereocenters. The molecule has 0 aromatic rings. The Morgan fingerprint density at radius 3 is 2.44 bits per heavy atom. The van der Waals surface area contributed by atoms with Crippen molar-refractivity contribution in [2.45, 2.75) is 37.5 Å². The molecular weight excluding hydrogens is 128 g/mol. The first-order chi connectivity index (χ1) is 4.27. The Morgan fingerprint density at radius 2 is 2.11 bits per heavy atom. The maximum Gasteiger partial charge on any atom is 0.0505 e. The van der Waals surface area contributed by atoms with Crippen molar-refractivity contribution in [2.75, 3.05) is 6.61 Å². The van der Waals surface area contributed by atoms with E-state index in [-0.39, 0.29) is 0 Å². The van der Waals surface area contributed by atoms with E-state index in [1.165, 1.54) is 24.6 Å². The highest BCUT2D eigenvalue weighted by molar-refractivity contribution is 6.81. The zero-order chi connectivity index (χ0) is 6.74. The third kappa shape index (κ3) is 1.80. The zero-order valence-corrected chi connectivity index (χ0v) is 7.19. The molecule has 0 bridgehead atoms. The number of aliphatic hydroxyl groups is 1. The van der Waals surface area contributed by atoms with Crippen LogP contribution in [0.25, 0.3) is 0 Å². The van der Waals surface area contributed by atoms with Crippen LogP contribution < -0.4 is 0 Å². The Morgan fingerprint density at radius 1 is 1.44 bits per heavy atom. The van der Waals surface area contributed by atoms with Gasteiger partial charge in [0.05, 0.1) is 8.07 Å². The molecule has 0 aromatic carbocycles. The van der Waals surface area contributed by atoms with Crippen LogP contribution in [0.3, 0.4) is 0 Å². The van der Waals surface area contributed by atoms with E-state index in [0.29, 0.717) is 6.61 Å². The van der Waals surface area contributed by atoms with Crippen LogP contribution in [-0.4, -0.2) is 19.8 Å². The minimum absolute atomic E-state index is 0.405. The molecule has 1 rings (SSSR count). The Bertz CT molecular complexity index is 88.9. The van der Waals surface area contributed by atoms with Gasteiger partial charge in [-0.25, -0.2) is 0 Å². The average Bonchev–Trinajstić information content (AvgIpc) is 1.79. The van der Waals surface area contributed by atoms with Gasteiger partial charge in [-0.05, 0) is 6.42 Å². The maximum absolute atomic E-state index is 8.57. The summed E-state index contributed by atoms with van der Waals surface area (Å²) in [5.74, 6) is 0. The first-order valence-corrected chi connectivity index (χ1v) is 7.00. The fraction of sp³-hybridized carbons (Fsp3) is 1.00. The van der Waals surface area contributed by atoms with Gasteiger partial charge < -0.3 is 5.11 Å². The van der Waals surface area contributed by atoms with Gasteiger partial charge in [-0.2, -0.15) is 0 Å². The number of aliphatic hydroxyl groups excluding tert-OH is 1. The molecule has 1 aliphatic rings. The molecule has 0 aromatic heterocycles. The lowest BCUT2D eigenvalue weighted by Gasteiger charge is -2.36. The molecular formula is C7H16OSi. The summed E-state index contributed by atoms with van der Waals surface area (Å²) >= 11 is 0. The first kappa shape index (κ1) is 7.29. The molecule has 54 valence electrons. The summed E-state index contributed by atoms with van der Waals surface area (Å²) in [5, 5.41) is 8.57. The van der Waals surface area contributed by atoms with Crippen molar-refractivity contribution in [3.8, 4) is 0 Å². The summed E-state index contributed by atoms with van der Waals surface area (Å²) in [7, 11) is -0.678. The molecule has 0 radical (unpaired) electrons. The second kappa shape index (κ2) is 2.84. The predicted molar refractivity (Wildman–Crippen MR) is 42.4 cm³/mol. The number of rotatable bonds is 3. The zero-order valence-electron chi connectivity index (χ0n) is 6.19. The lowest BCUT2D eigenvalue weighted by atomic mass is 10.5. The molecule has 1 saturated heterocycles. The van der Waals surface area contributed by atoms with Crippen molar-refractivity contribution in [3.05, 3.63) is 0 Å². The second-order valence-corrected chi connectivity index (χ2v) is 8.61. The second-order valence-electron chi connectivity index (χ2n) is 3.49. The molecule has 1 nitrogen and oxygen atoms in total. The normalized spacial score (nSPS) is 23.3. The van der Waals surface area contributed by atoms with Crippen LogP contribution in [0.1, 0.15) is 12.8 Å². The summed E-state index contributed by atoms with van der Waals surface area (Å²) < 4.78 is 0. The van der Waals surface area contributed by atoms with E-state index >= 15 is 0 Å². The quantitative estimate of drug-likeness (QED) is 0.599. The van der Waals surface area contributed by atoms with Gasteiger partial charge in [-0.15, -0.1) is 0 Å². The van der Waals surface area contributed by atoms with E-state index in [4.69, 9.17) is 5.11 Å². The van der Waals surface area contributed by atoms with Crippen LogP contribution in [0.5, 0.6) is 0 Å². The molecule has 0 atom stereocenters. The van der Waals surface area contributed by atoms with E-state index in [2.05, 4.69) is 6.55 Å². The molecule has 0 aliphatic carbocycles. The van der Waals surface area contributed by atoms with Crippen LogP contribution in [0, 0.1) is 0 Å². The van der Waals surface area contributed by atoms with Crippen LogP contribution in [0.2, 0.25) is 24.7 Å². The van der Waals surface area contributed by atoms with Gasteiger partial charge in [-0.1, -0.05) is 31.1 Å². The van der Waals surface area contributed by atoms with Crippen LogP contribution in [0.4, 0.5) is 0 Å². The van der Waals surface area contributed by atoms with E-state index in [1.807, 2.05) is 0 Å². The summed E-state index contributed by atoms with van der Waals surface area (Å²) in [6.45, 7) is 2.87. The minimum atomic E-state index is -0.678. The van der Waals surface area contributed by atoms with Crippen molar-refractivity contribution >= 4 is 8.07 Å². The van der Waals surface area contributed by atoms with Crippen LogP contribution >= 0.6 is 0 Å². The molecule has 9 heavy (non-hydrogen) atoms. The highest BCUT2D eigenvalue weighted by Crippen LogP contribution is 2.36. The standard InChI is InChI=1S/C7H16OSi/c1-9(5-2-4-8)6-3-7-9/h8H,2-7H2,1H3. The molecule has 1 heterocycles. The van der Waals surface area contributed by atoms with Crippen molar-refractivity contribution in [1.82, 2.24) is 0 Å². The highest BCUT2D eigenvalue weighted by Gasteiger charge is 2.32. The molecule has 1 fully saturated rings. The van der Waals surface area contributed by atoms with Gasteiger partial charge in [0.15, 0.2) is 0 Å². The van der Waals surface area contributed by atoms with E-state index in [0.717, 1.165) is 6.42 Å².